The molecule has 0 radical (unpaired) electrons. The van der Waals surface area contributed by atoms with Crippen LogP contribution in [0.25, 0.3) is 22.2 Å². The third-order valence-electron chi connectivity index (χ3n) is 6.58. The molecular formula is C24H31N3O+2. The van der Waals surface area contributed by atoms with Crippen LogP contribution in [0.3, 0.4) is 0 Å². The number of fused-ring (bicyclic) bond motifs is 5. The number of nitrogens with one attached hydrogen (secondary N) is 2. The molecule has 3 heterocycles. The minimum Gasteiger partial charge on any atom is -0.493 e. The molecule has 0 atom stereocenters. The lowest BCUT2D eigenvalue weighted by Gasteiger charge is -2.27. The van der Waals surface area contributed by atoms with E-state index in [0.29, 0.717) is 0 Å². The zero-order valence-electron chi connectivity index (χ0n) is 17.1. The first-order chi connectivity index (χ1) is 13.7. The number of benzene rings is 2. The van der Waals surface area contributed by atoms with E-state index in [-0.39, 0.29) is 0 Å². The minimum absolute atomic E-state index is 0.754. The summed E-state index contributed by atoms with van der Waals surface area (Å²) in [7, 11) is 2.31. The topological polar surface area (TPSA) is 23.0 Å². The van der Waals surface area contributed by atoms with E-state index < -0.39 is 0 Å². The van der Waals surface area contributed by atoms with Crippen molar-refractivity contribution in [3.8, 4) is 17.0 Å². The molecule has 0 bridgehead atoms. The van der Waals surface area contributed by atoms with Crippen LogP contribution >= 0.6 is 0 Å². The van der Waals surface area contributed by atoms with E-state index in [4.69, 9.17) is 4.74 Å². The third kappa shape index (κ3) is 3.11. The highest BCUT2D eigenvalue weighted by atomic mass is 16.5. The molecule has 28 heavy (non-hydrogen) atoms. The number of aromatic nitrogens is 1. The molecule has 4 nitrogen and oxygen atoms in total. The molecule has 146 valence electrons. The van der Waals surface area contributed by atoms with Gasteiger partial charge in [0.25, 0.3) is 0 Å². The van der Waals surface area contributed by atoms with Crippen molar-refractivity contribution in [1.82, 2.24) is 4.57 Å². The van der Waals surface area contributed by atoms with Gasteiger partial charge in [0.2, 0.25) is 0 Å². The summed E-state index contributed by atoms with van der Waals surface area (Å²) >= 11 is 0. The number of hydrogen-bond acceptors (Lipinski definition) is 1. The van der Waals surface area contributed by atoms with Crippen molar-refractivity contribution >= 4 is 10.9 Å². The summed E-state index contributed by atoms with van der Waals surface area (Å²) < 4.78 is 8.69. The standard InChI is InChI=1S/C24H29N3O/c1-18-7-8-22-21(17-18)19-9-16-28-23-6-4-3-5-20(23)24(19)27(22)15-14-26-12-10-25(2)11-13-26/h3-8,17H,9-16H2,1-2H3/p+2. The summed E-state index contributed by atoms with van der Waals surface area (Å²) in [5.74, 6) is 1.03. The van der Waals surface area contributed by atoms with E-state index in [0.717, 1.165) is 25.3 Å². The van der Waals surface area contributed by atoms with Crippen LogP contribution < -0.4 is 14.5 Å². The molecule has 0 aliphatic carbocycles. The largest absolute Gasteiger partial charge is 0.493 e. The number of rotatable bonds is 3. The van der Waals surface area contributed by atoms with Gasteiger partial charge in [-0.25, -0.2) is 0 Å². The molecule has 1 aromatic heterocycles. The Morgan fingerprint density at radius 3 is 2.71 bits per heavy atom. The number of para-hydroxylation sites is 1. The molecule has 2 aromatic carbocycles. The van der Waals surface area contributed by atoms with Crippen molar-refractivity contribution in [2.75, 3.05) is 46.4 Å². The number of hydrogen-bond donors (Lipinski definition) is 2. The van der Waals surface area contributed by atoms with Gasteiger partial charge >= 0.3 is 0 Å². The molecule has 1 saturated heterocycles. The first-order valence-electron chi connectivity index (χ1n) is 10.7. The van der Waals surface area contributed by atoms with Crippen LogP contribution in [-0.4, -0.2) is 50.9 Å². The Balaban J connectivity index is 1.59. The predicted molar refractivity (Wildman–Crippen MR) is 113 cm³/mol. The summed E-state index contributed by atoms with van der Waals surface area (Å²) in [6.45, 7) is 10.4. The molecule has 4 heteroatoms. The smallest absolute Gasteiger partial charge is 0.128 e. The van der Waals surface area contributed by atoms with Crippen molar-refractivity contribution < 1.29 is 14.5 Å². The molecule has 2 N–H and O–H groups in total. The number of nitrogens with zero attached hydrogens (tertiary/aromatic N) is 1. The number of aryl methyl sites for hydroxylation is 1. The van der Waals surface area contributed by atoms with Crippen LogP contribution in [-0.2, 0) is 13.0 Å². The van der Waals surface area contributed by atoms with Crippen LogP contribution in [0.1, 0.15) is 11.1 Å². The summed E-state index contributed by atoms with van der Waals surface area (Å²) in [6, 6.07) is 15.5. The van der Waals surface area contributed by atoms with Gasteiger partial charge in [-0.2, -0.15) is 0 Å². The second-order valence-electron chi connectivity index (χ2n) is 8.55. The Labute approximate surface area is 167 Å². The third-order valence-corrected chi connectivity index (χ3v) is 6.58. The molecule has 5 rings (SSSR count). The Bertz CT molecular complexity index is 998. The van der Waals surface area contributed by atoms with Crippen LogP contribution in [0.4, 0.5) is 0 Å². The first kappa shape index (κ1) is 17.8. The number of quaternary nitrogens is 2. The number of ether oxygens (including phenoxy) is 1. The number of piperazine rings is 1. The van der Waals surface area contributed by atoms with Gasteiger partial charge in [-0.15, -0.1) is 0 Å². The van der Waals surface area contributed by atoms with Crippen LogP contribution in [0.5, 0.6) is 5.75 Å². The molecule has 1 fully saturated rings. The Hall–Kier alpha value is -2.30. The minimum atomic E-state index is 0.754. The summed E-state index contributed by atoms with van der Waals surface area (Å²) in [5.41, 5.74) is 6.81. The second-order valence-corrected chi connectivity index (χ2v) is 8.55. The predicted octanol–water partition coefficient (Wildman–Crippen LogP) is 0.965. The van der Waals surface area contributed by atoms with Crippen molar-refractivity contribution in [2.24, 2.45) is 0 Å². The highest BCUT2D eigenvalue weighted by Crippen LogP contribution is 2.40. The van der Waals surface area contributed by atoms with E-state index in [9.17, 15) is 0 Å². The van der Waals surface area contributed by atoms with E-state index in [1.807, 2.05) is 0 Å². The van der Waals surface area contributed by atoms with Crippen LogP contribution in [0.2, 0.25) is 0 Å². The van der Waals surface area contributed by atoms with E-state index in [1.165, 1.54) is 66.0 Å². The molecule has 3 aromatic rings. The summed E-state index contributed by atoms with van der Waals surface area (Å²) in [6.07, 6.45) is 0.974. The lowest BCUT2D eigenvalue weighted by molar-refractivity contribution is -1.00. The van der Waals surface area contributed by atoms with Gasteiger partial charge in [0.1, 0.15) is 31.9 Å². The van der Waals surface area contributed by atoms with Gasteiger partial charge in [0.05, 0.1) is 32.4 Å². The van der Waals surface area contributed by atoms with Gasteiger partial charge in [-0.1, -0.05) is 23.8 Å². The molecule has 2 aliphatic rings. The molecular weight excluding hydrogens is 346 g/mol. The molecule has 0 saturated carbocycles. The fourth-order valence-corrected chi connectivity index (χ4v) is 4.93. The fourth-order valence-electron chi connectivity index (χ4n) is 4.93. The maximum atomic E-state index is 6.11. The van der Waals surface area contributed by atoms with Gasteiger partial charge in [0.15, 0.2) is 0 Å². The lowest BCUT2D eigenvalue weighted by atomic mass is 10.0. The zero-order chi connectivity index (χ0) is 19.1. The Kier molecular flexibility index (Phi) is 4.61. The average Bonchev–Trinajstić information content (AvgIpc) is 2.87. The van der Waals surface area contributed by atoms with E-state index >= 15 is 0 Å². The van der Waals surface area contributed by atoms with Crippen LogP contribution in [0.15, 0.2) is 42.5 Å². The normalized spacial score (nSPS) is 21.6. The van der Waals surface area contributed by atoms with Crippen molar-refractivity contribution in [3.05, 3.63) is 53.6 Å². The summed E-state index contributed by atoms with van der Waals surface area (Å²) in [4.78, 5) is 3.41. The first-order valence-corrected chi connectivity index (χ1v) is 10.7. The highest BCUT2D eigenvalue weighted by molar-refractivity contribution is 5.93. The molecule has 0 amide bonds. The average molecular weight is 378 g/mol. The SMILES string of the molecule is Cc1ccc2c(c1)c1c(n2CC[NH+]2CC[NH+](C)CC2)-c2ccccc2OCC1. The van der Waals surface area contributed by atoms with Gasteiger partial charge < -0.3 is 19.1 Å². The number of likely N-dealkylation sites (N-methyl/N-ethyl adjacent to an activating group) is 1. The lowest BCUT2D eigenvalue weighted by Crippen LogP contribution is -3.27. The zero-order valence-corrected chi connectivity index (χ0v) is 17.1. The van der Waals surface area contributed by atoms with Crippen molar-refractivity contribution in [3.63, 3.8) is 0 Å². The summed E-state index contributed by atoms with van der Waals surface area (Å²) in [5, 5.41) is 1.41. The molecule has 2 aliphatic heterocycles. The van der Waals surface area contributed by atoms with Gasteiger partial charge in [-0.05, 0) is 36.8 Å². The van der Waals surface area contributed by atoms with Crippen molar-refractivity contribution in [2.45, 2.75) is 19.9 Å². The maximum Gasteiger partial charge on any atom is 0.128 e. The maximum absolute atomic E-state index is 6.11. The quantitative estimate of drug-likeness (QED) is 0.698. The Morgan fingerprint density at radius 2 is 1.86 bits per heavy atom. The van der Waals surface area contributed by atoms with Gasteiger partial charge in [0, 0.05) is 22.9 Å². The Morgan fingerprint density at radius 1 is 1.04 bits per heavy atom. The van der Waals surface area contributed by atoms with Crippen molar-refractivity contribution in [1.29, 1.82) is 0 Å². The van der Waals surface area contributed by atoms with E-state index in [1.54, 1.807) is 9.80 Å². The monoisotopic (exact) mass is 377 g/mol. The van der Waals surface area contributed by atoms with Crippen LogP contribution in [0, 0.1) is 6.92 Å². The second kappa shape index (κ2) is 7.26. The van der Waals surface area contributed by atoms with Gasteiger partial charge in [-0.3, -0.25) is 0 Å². The molecule has 0 spiro atoms. The van der Waals surface area contributed by atoms with E-state index in [2.05, 4.69) is 61.0 Å². The highest BCUT2D eigenvalue weighted by Gasteiger charge is 2.25. The molecule has 0 unspecified atom stereocenters. The fraction of sp³-hybridized carbons (Fsp3) is 0.417.